The highest BCUT2D eigenvalue weighted by Crippen LogP contribution is 2.63. The summed E-state index contributed by atoms with van der Waals surface area (Å²) in [5.41, 5.74) is -0.336. The molecule has 0 saturated heterocycles. The zero-order chi connectivity index (χ0) is 9.41. The molecule has 0 radical (unpaired) electrons. The molecule has 0 bridgehead atoms. The van der Waals surface area contributed by atoms with E-state index in [1.165, 1.54) is 0 Å². The molecule has 0 aliphatic heterocycles. The van der Waals surface area contributed by atoms with Crippen LogP contribution in [-0.2, 0) is 20.0 Å². The lowest BCUT2D eigenvalue weighted by atomic mass is 10.1. The molecule has 0 aromatic rings. The minimum Gasteiger partial charge on any atom is -0.219 e. The van der Waals surface area contributed by atoms with Crippen LogP contribution in [0.1, 0.15) is 27.7 Å². The van der Waals surface area contributed by atoms with Crippen LogP contribution in [0.2, 0.25) is 0 Å². The van der Waals surface area contributed by atoms with Gasteiger partial charge in [-0.3, -0.25) is 0 Å². The van der Waals surface area contributed by atoms with Crippen molar-refractivity contribution in [2.45, 2.75) is 33.3 Å². The highest BCUT2D eigenvalue weighted by molar-refractivity contribution is 5.15. The predicted molar refractivity (Wildman–Crippen MR) is 38.3 cm³/mol. The van der Waals surface area contributed by atoms with Crippen LogP contribution in [0.4, 0.5) is 0 Å². The summed E-state index contributed by atoms with van der Waals surface area (Å²) >= 11 is 0. The Bertz CT molecular complexity index is 169. The third kappa shape index (κ3) is 1.23. The monoisotopic (exact) mass is 178 g/mol. The first-order valence-electron chi connectivity index (χ1n) is 3.79. The van der Waals surface area contributed by atoms with Gasteiger partial charge in [0.05, 0.1) is 0 Å². The van der Waals surface area contributed by atoms with Gasteiger partial charge < -0.3 is 0 Å². The number of hydrogen-bond donors (Lipinski definition) is 1. The molecule has 0 amide bonds. The summed E-state index contributed by atoms with van der Waals surface area (Å²) in [4.78, 5) is 4.90. The highest BCUT2D eigenvalue weighted by Gasteiger charge is 2.68. The second-order valence-electron chi connectivity index (χ2n) is 3.84. The maximum Gasteiger partial charge on any atom is 0.113 e. The molecule has 2 unspecified atom stereocenters. The van der Waals surface area contributed by atoms with Crippen molar-refractivity contribution in [1.29, 1.82) is 0 Å². The van der Waals surface area contributed by atoms with E-state index >= 15 is 0 Å². The lowest BCUT2D eigenvalue weighted by molar-refractivity contribution is -0.710. The fourth-order valence-corrected chi connectivity index (χ4v) is 1.50. The first kappa shape index (κ1) is 9.88. The molecule has 1 N–H and O–H groups in total. The molecule has 1 rings (SSSR count). The quantitative estimate of drug-likeness (QED) is 0.403. The van der Waals surface area contributed by atoms with E-state index in [4.69, 9.17) is 10.1 Å². The fraction of sp³-hybridized carbons (Fsp3) is 1.00. The van der Waals surface area contributed by atoms with E-state index in [0.29, 0.717) is 5.92 Å². The highest BCUT2D eigenvalue weighted by atomic mass is 17.8. The molecule has 1 aliphatic carbocycles. The van der Waals surface area contributed by atoms with E-state index in [1.54, 1.807) is 0 Å². The van der Waals surface area contributed by atoms with Crippen LogP contribution in [0.25, 0.3) is 0 Å². The second kappa shape index (κ2) is 2.93. The number of rotatable bonds is 4. The van der Waals surface area contributed by atoms with Gasteiger partial charge in [0.25, 0.3) is 0 Å². The van der Waals surface area contributed by atoms with Crippen LogP contribution in [0, 0.1) is 11.3 Å². The van der Waals surface area contributed by atoms with E-state index in [0.717, 1.165) is 0 Å². The van der Waals surface area contributed by atoms with E-state index in [9.17, 15) is 0 Å². The van der Waals surface area contributed by atoms with Crippen molar-refractivity contribution in [3.63, 3.8) is 0 Å². The van der Waals surface area contributed by atoms with Crippen LogP contribution in [-0.4, -0.2) is 10.9 Å². The van der Waals surface area contributed by atoms with Gasteiger partial charge in [-0.05, 0) is 28.0 Å². The van der Waals surface area contributed by atoms with Gasteiger partial charge in [-0.1, -0.05) is 20.8 Å². The molecule has 72 valence electrons. The molecule has 0 aromatic carbocycles. The molecule has 0 heterocycles. The van der Waals surface area contributed by atoms with Crippen LogP contribution >= 0.6 is 0 Å². The molecule has 5 heteroatoms. The molecule has 1 saturated carbocycles. The van der Waals surface area contributed by atoms with Gasteiger partial charge in [-0.25, -0.2) is 5.26 Å². The van der Waals surface area contributed by atoms with Gasteiger partial charge in [-0.2, -0.15) is 4.89 Å². The molecule has 1 aliphatic rings. The normalized spacial score (nSPS) is 38.2. The van der Waals surface area contributed by atoms with Crippen molar-refractivity contribution < 1.29 is 25.3 Å². The van der Waals surface area contributed by atoms with Crippen LogP contribution in [0.5, 0.6) is 0 Å². The Morgan fingerprint density at radius 3 is 2.00 bits per heavy atom. The Hall–Kier alpha value is -0.200. The molecule has 0 spiro atoms. The Labute approximate surface area is 70.9 Å². The lowest BCUT2D eigenvalue weighted by Gasteiger charge is -2.11. The largest absolute Gasteiger partial charge is 0.219 e. The standard InChI is InChI=1S/C7H14O5/c1-5-6(2,3)7(5,4)9-11-12-10-8/h5,8H,1-4H3. The van der Waals surface area contributed by atoms with E-state index in [1.807, 2.05) is 13.8 Å². The molecular formula is C7H14O5. The zero-order valence-corrected chi connectivity index (χ0v) is 7.66. The summed E-state index contributed by atoms with van der Waals surface area (Å²) in [5, 5.41) is 18.8. The Morgan fingerprint density at radius 2 is 1.67 bits per heavy atom. The van der Waals surface area contributed by atoms with Gasteiger partial charge in [0.15, 0.2) is 0 Å². The Balaban J connectivity index is 2.34. The maximum atomic E-state index is 7.75. The van der Waals surface area contributed by atoms with Gasteiger partial charge in [0, 0.05) is 5.41 Å². The van der Waals surface area contributed by atoms with Crippen molar-refractivity contribution in [3.8, 4) is 0 Å². The summed E-state index contributed by atoms with van der Waals surface area (Å²) in [5.74, 6) is 0.368. The Morgan fingerprint density at radius 1 is 1.17 bits per heavy atom. The van der Waals surface area contributed by atoms with Gasteiger partial charge in [0.1, 0.15) is 5.60 Å². The van der Waals surface area contributed by atoms with Crippen molar-refractivity contribution in [1.82, 2.24) is 0 Å². The average Bonchev–Trinajstić information content (AvgIpc) is 2.36. The molecule has 12 heavy (non-hydrogen) atoms. The zero-order valence-electron chi connectivity index (χ0n) is 7.66. The van der Waals surface area contributed by atoms with Gasteiger partial charge in [0.2, 0.25) is 0 Å². The predicted octanol–water partition coefficient (Wildman–Crippen LogP) is 1.71. The smallest absolute Gasteiger partial charge is 0.113 e. The first-order chi connectivity index (χ1) is 5.47. The van der Waals surface area contributed by atoms with Crippen molar-refractivity contribution in [3.05, 3.63) is 0 Å². The summed E-state index contributed by atoms with van der Waals surface area (Å²) < 4.78 is 0. The van der Waals surface area contributed by atoms with Crippen LogP contribution in [0.15, 0.2) is 0 Å². The molecule has 2 atom stereocenters. The fourth-order valence-electron chi connectivity index (χ4n) is 1.50. The SMILES string of the molecule is CC1C(C)(C)C1(C)OOOOO. The molecule has 0 aromatic heterocycles. The minimum absolute atomic E-state index is 0.0474. The third-order valence-electron chi connectivity index (χ3n) is 3.37. The maximum absolute atomic E-state index is 7.75. The third-order valence-corrected chi connectivity index (χ3v) is 3.37. The van der Waals surface area contributed by atoms with Crippen molar-refractivity contribution in [2.75, 3.05) is 0 Å². The number of hydrogen-bond acceptors (Lipinski definition) is 5. The molecule has 1 fully saturated rings. The summed E-state index contributed by atoms with van der Waals surface area (Å²) in [7, 11) is 0. The minimum atomic E-state index is -0.383. The first-order valence-corrected chi connectivity index (χ1v) is 3.79. The average molecular weight is 178 g/mol. The summed E-state index contributed by atoms with van der Waals surface area (Å²) in [6.07, 6.45) is 0. The van der Waals surface area contributed by atoms with Gasteiger partial charge >= 0.3 is 0 Å². The Kier molecular flexibility index (Phi) is 2.42. The van der Waals surface area contributed by atoms with Crippen LogP contribution in [0.3, 0.4) is 0 Å². The molecule has 5 nitrogen and oxygen atoms in total. The summed E-state index contributed by atoms with van der Waals surface area (Å²) in [6.45, 7) is 8.06. The van der Waals surface area contributed by atoms with E-state index < -0.39 is 0 Å². The summed E-state index contributed by atoms with van der Waals surface area (Å²) in [6, 6.07) is 0. The molecular weight excluding hydrogens is 164 g/mol. The lowest BCUT2D eigenvalue weighted by Crippen LogP contribution is -2.17. The van der Waals surface area contributed by atoms with Crippen molar-refractivity contribution >= 4 is 0 Å². The van der Waals surface area contributed by atoms with E-state index in [2.05, 4.69) is 29.0 Å². The van der Waals surface area contributed by atoms with E-state index in [-0.39, 0.29) is 11.0 Å². The van der Waals surface area contributed by atoms with Crippen LogP contribution < -0.4 is 0 Å². The van der Waals surface area contributed by atoms with Crippen molar-refractivity contribution in [2.24, 2.45) is 11.3 Å². The van der Waals surface area contributed by atoms with Gasteiger partial charge in [-0.15, -0.1) is 0 Å². The topological polar surface area (TPSA) is 57.2 Å². The second-order valence-corrected chi connectivity index (χ2v) is 3.84.